The second-order valence-electron chi connectivity index (χ2n) is 3.95. The summed E-state index contributed by atoms with van der Waals surface area (Å²) >= 11 is 0. The summed E-state index contributed by atoms with van der Waals surface area (Å²) in [6, 6.07) is 0.312. The number of aliphatic carboxylic acids is 1. The normalized spacial score (nSPS) is 27.9. The van der Waals surface area contributed by atoms with Crippen LogP contribution in [0.15, 0.2) is 0 Å². The highest BCUT2D eigenvalue weighted by atomic mass is 16.4. The van der Waals surface area contributed by atoms with Crippen LogP contribution in [0.5, 0.6) is 0 Å². The molecular formula is C9H14N2O3. The van der Waals surface area contributed by atoms with Gasteiger partial charge in [0, 0.05) is 18.6 Å². The third-order valence-electron chi connectivity index (χ3n) is 2.69. The van der Waals surface area contributed by atoms with Gasteiger partial charge in [-0.05, 0) is 12.8 Å². The molecule has 1 aliphatic heterocycles. The maximum Gasteiger partial charge on any atom is 0.304 e. The quantitative estimate of drug-likeness (QED) is 0.636. The third-order valence-corrected chi connectivity index (χ3v) is 2.69. The summed E-state index contributed by atoms with van der Waals surface area (Å²) in [4.78, 5) is 23.7. The summed E-state index contributed by atoms with van der Waals surface area (Å²) in [6.45, 7) is 0.838. The van der Waals surface area contributed by atoms with Gasteiger partial charge in [0.2, 0.25) is 5.91 Å². The summed E-state index contributed by atoms with van der Waals surface area (Å²) < 4.78 is 0. The number of amides is 1. The molecule has 5 heteroatoms. The fourth-order valence-corrected chi connectivity index (χ4v) is 1.82. The zero-order valence-electron chi connectivity index (χ0n) is 7.90. The highest BCUT2D eigenvalue weighted by Gasteiger charge is 2.36. The average Bonchev–Trinajstić information content (AvgIpc) is 2.90. The first-order chi connectivity index (χ1) is 6.66. The SMILES string of the molecule is O=C(O)CC1CN(C2CC2)C(=O)CN1. The van der Waals surface area contributed by atoms with E-state index in [-0.39, 0.29) is 24.9 Å². The lowest BCUT2D eigenvalue weighted by molar-refractivity contribution is -0.140. The predicted octanol–water partition coefficient (Wildman–Crippen LogP) is -0.576. The standard InChI is InChI=1S/C9H14N2O3/c12-8-4-10-6(3-9(13)14)5-11(8)7-1-2-7/h6-7,10H,1-5H2,(H,13,14). The van der Waals surface area contributed by atoms with Gasteiger partial charge in [-0.15, -0.1) is 0 Å². The van der Waals surface area contributed by atoms with E-state index < -0.39 is 5.97 Å². The third kappa shape index (κ3) is 2.04. The molecule has 0 spiro atoms. The van der Waals surface area contributed by atoms with Crippen LogP contribution in [0.25, 0.3) is 0 Å². The summed E-state index contributed by atoms with van der Waals surface area (Å²) in [6.07, 6.45) is 2.24. The molecule has 2 aliphatic rings. The highest BCUT2D eigenvalue weighted by Crippen LogP contribution is 2.28. The van der Waals surface area contributed by atoms with Crippen LogP contribution in [0.2, 0.25) is 0 Å². The molecule has 1 heterocycles. The van der Waals surface area contributed by atoms with Crippen LogP contribution < -0.4 is 5.32 Å². The first-order valence-electron chi connectivity index (χ1n) is 4.91. The van der Waals surface area contributed by atoms with Crippen molar-refractivity contribution in [2.24, 2.45) is 0 Å². The topological polar surface area (TPSA) is 69.6 Å². The van der Waals surface area contributed by atoms with Crippen LogP contribution in [0.3, 0.4) is 0 Å². The molecule has 2 N–H and O–H groups in total. The monoisotopic (exact) mass is 198 g/mol. The minimum Gasteiger partial charge on any atom is -0.481 e. The zero-order valence-corrected chi connectivity index (χ0v) is 7.90. The van der Waals surface area contributed by atoms with E-state index in [0.717, 1.165) is 12.8 Å². The van der Waals surface area contributed by atoms with Crippen molar-refractivity contribution < 1.29 is 14.7 Å². The van der Waals surface area contributed by atoms with Crippen molar-refractivity contribution in [1.29, 1.82) is 0 Å². The molecule has 5 nitrogen and oxygen atoms in total. The molecule has 1 unspecified atom stereocenters. The Morgan fingerprint density at radius 3 is 2.86 bits per heavy atom. The number of rotatable bonds is 3. The average molecular weight is 198 g/mol. The van der Waals surface area contributed by atoms with Crippen LogP contribution >= 0.6 is 0 Å². The van der Waals surface area contributed by atoms with Gasteiger partial charge in [0.1, 0.15) is 0 Å². The number of carboxylic acids is 1. The van der Waals surface area contributed by atoms with E-state index in [9.17, 15) is 9.59 Å². The second kappa shape index (κ2) is 3.57. The molecule has 2 rings (SSSR count). The Bertz CT molecular complexity index is 263. The number of nitrogens with zero attached hydrogens (tertiary/aromatic N) is 1. The Morgan fingerprint density at radius 1 is 1.57 bits per heavy atom. The molecule has 0 bridgehead atoms. The molecule has 0 radical (unpaired) electrons. The molecule has 1 saturated carbocycles. The number of carboxylic acid groups (broad SMARTS) is 1. The number of nitrogens with one attached hydrogen (secondary N) is 1. The number of hydrogen-bond acceptors (Lipinski definition) is 3. The fraction of sp³-hybridized carbons (Fsp3) is 0.778. The number of carbonyl (C=O) groups excluding carboxylic acids is 1. The molecule has 0 aromatic heterocycles. The molecule has 0 aromatic rings. The van der Waals surface area contributed by atoms with Crippen LogP contribution in [0.4, 0.5) is 0 Å². The Balaban J connectivity index is 1.91. The van der Waals surface area contributed by atoms with E-state index in [4.69, 9.17) is 5.11 Å². The minimum atomic E-state index is -0.812. The molecule has 1 atom stereocenters. The van der Waals surface area contributed by atoms with Crippen LogP contribution in [-0.2, 0) is 9.59 Å². The molecule has 14 heavy (non-hydrogen) atoms. The smallest absolute Gasteiger partial charge is 0.304 e. The second-order valence-corrected chi connectivity index (χ2v) is 3.95. The molecule has 78 valence electrons. The van der Waals surface area contributed by atoms with Crippen molar-refractivity contribution in [3.8, 4) is 0 Å². The van der Waals surface area contributed by atoms with Crippen LogP contribution in [0, 0.1) is 0 Å². The lowest BCUT2D eigenvalue weighted by Gasteiger charge is -2.32. The van der Waals surface area contributed by atoms with Crippen molar-refractivity contribution in [2.45, 2.75) is 31.3 Å². The maximum absolute atomic E-state index is 11.4. The molecular weight excluding hydrogens is 184 g/mol. The number of hydrogen-bond donors (Lipinski definition) is 2. The van der Waals surface area contributed by atoms with E-state index in [1.807, 2.05) is 4.90 Å². The highest BCUT2D eigenvalue weighted by molar-refractivity contribution is 5.80. The Hall–Kier alpha value is -1.10. The van der Waals surface area contributed by atoms with E-state index in [2.05, 4.69) is 5.32 Å². The molecule has 1 saturated heterocycles. The minimum absolute atomic E-state index is 0.0780. The first-order valence-corrected chi connectivity index (χ1v) is 4.91. The van der Waals surface area contributed by atoms with Gasteiger partial charge in [0.25, 0.3) is 0 Å². The van der Waals surface area contributed by atoms with Gasteiger partial charge in [-0.2, -0.15) is 0 Å². The molecule has 0 aromatic carbocycles. The lowest BCUT2D eigenvalue weighted by atomic mass is 10.1. The largest absolute Gasteiger partial charge is 0.481 e. The molecule has 2 fully saturated rings. The fourth-order valence-electron chi connectivity index (χ4n) is 1.82. The Kier molecular flexibility index (Phi) is 2.41. The van der Waals surface area contributed by atoms with E-state index in [1.165, 1.54) is 0 Å². The summed E-state index contributed by atoms with van der Waals surface area (Å²) in [5, 5.41) is 11.6. The predicted molar refractivity (Wildman–Crippen MR) is 48.8 cm³/mol. The van der Waals surface area contributed by atoms with Crippen molar-refractivity contribution >= 4 is 11.9 Å². The van der Waals surface area contributed by atoms with Gasteiger partial charge >= 0.3 is 5.97 Å². The summed E-state index contributed by atoms with van der Waals surface area (Å²) in [7, 11) is 0. The van der Waals surface area contributed by atoms with Gasteiger partial charge in [0.15, 0.2) is 0 Å². The van der Waals surface area contributed by atoms with Gasteiger partial charge in [-0.25, -0.2) is 0 Å². The van der Waals surface area contributed by atoms with E-state index in [0.29, 0.717) is 12.6 Å². The van der Waals surface area contributed by atoms with Crippen molar-refractivity contribution in [1.82, 2.24) is 10.2 Å². The maximum atomic E-state index is 11.4. The lowest BCUT2D eigenvalue weighted by Crippen LogP contribution is -2.55. The van der Waals surface area contributed by atoms with Crippen LogP contribution in [0.1, 0.15) is 19.3 Å². The Labute approximate surface area is 82.1 Å². The van der Waals surface area contributed by atoms with Gasteiger partial charge in [0.05, 0.1) is 13.0 Å². The summed E-state index contributed by atoms with van der Waals surface area (Å²) in [5.74, 6) is -0.707. The first kappa shape index (κ1) is 9.45. The van der Waals surface area contributed by atoms with Crippen molar-refractivity contribution in [3.05, 3.63) is 0 Å². The Morgan fingerprint density at radius 2 is 2.29 bits per heavy atom. The van der Waals surface area contributed by atoms with Gasteiger partial charge in [-0.1, -0.05) is 0 Å². The van der Waals surface area contributed by atoms with Crippen molar-refractivity contribution in [2.75, 3.05) is 13.1 Å². The van der Waals surface area contributed by atoms with Gasteiger partial charge < -0.3 is 15.3 Å². The zero-order chi connectivity index (χ0) is 10.1. The summed E-state index contributed by atoms with van der Waals surface area (Å²) in [5.41, 5.74) is 0. The van der Waals surface area contributed by atoms with E-state index >= 15 is 0 Å². The molecule has 1 amide bonds. The number of carbonyl (C=O) groups is 2. The van der Waals surface area contributed by atoms with Crippen LogP contribution in [-0.4, -0.2) is 47.1 Å². The van der Waals surface area contributed by atoms with E-state index in [1.54, 1.807) is 0 Å². The van der Waals surface area contributed by atoms with Gasteiger partial charge in [-0.3, -0.25) is 9.59 Å². The number of piperazine rings is 1. The van der Waals surface area contributed by atoms with Crippen molar-refractivity contribution in [3.63, 3.8) is 0 Å². The molecule has 1 aliphatic carbocycles.